The molecule has 4 heteroatoms. The van der Waals surface area contributed by atoms with Gasteiger partial charge in [0.2, 0.25) is 0 Å². The van der Waals surface area contributed by atoms with Gasteiger partial charge in [-0.2, -0.15) is 23.5 Å². The van der Waals surface area contributed by atoms with Crippen molar-refractivity contribution >= 4 is 34.4 Å². The zero-order valence-corrected chi connectivity index (χ0v) is 13.5. The highest BCUT2D eigenvalue weighted by atomic mass is 32.2. The second kappa shape index (κ2) is 6.37. The molecule has 1 aromatic heterocycles. The molecule has 2 heterocycles. The fraction of sp³-hybridized carbons (Fsp3) is 0.438. The van der Waals surface area contributed by atoms with Crippen LogP contribution in [-0.4, -0.2) is 34.0 Å². The molecule has 2 nitrogen and oxygen atoms in total. The van der Waals surface area contributed by atoms with Crippen LogP contribution in [0.3, 0.4) is 0 Å². The number of pyridine rings is 1. The molecule has 0 aliphatic carbocycles. The van der Waals surface area contributed by atoms with Crippen molar-refractivity contribution in [1.29, 1.82) is 0 Å². The van der Waals surface area contributed by atoms with Gasteiger partial charge in [-0.05, 0) is 18.7 Å². The van der Waals surface area contributed by atoms with E-state index in [0.717, 1.165) is 5.52 Å². The van der Waals surface area contributed by atoms with Gasteiger partial charge in [0, 0.05) is 39.6 Å². The summed E-state index contributed by atoms with van der Waals surface area (Å²) in [5.41, 5.74) is 2.47. The lowest BCUT2D eigenvalue weighted by atomic mass is 9.98. The Balaban J connectivity index is 2.02. The summed E-state index contributed by atoms with van der Waals surface area (Å²) in [5.74, 6) is 2.52. The van der Waals surface area contributed by atoms with Crippen LogP contribution >= 0.6 is 23.5 Å². The molecule has 2 aromatic rings. The van der Waals surface area contributed by atoms with E-state index in [-0.39, 0.29) is 0 Å². The quantitative estimate of drug-likeness (QED) is 0.934. The minimum absolute atomic E-state index is 0.362. The fourth-order valence-electron chi connectivity index (χ4n) is 2.89. The van der Waals surface area contributed by atoms with Gasteiger partial charge in [0.15, 0.2) is 0 Å². The van der Waals surface area contributed by atoms with E-state index in [1.807, 2.05) is 12.3 Å². The number of thioether (sulfide) groups is 2. The monoisotopic (exact) mass is 304 g/mol. The number of aromatic nitrogens is 1. The average molecular weight is 304 g/mol. The molecule has 1 fully saturated rings. The van der Waals surface area contributed by atoms with Crippen LogP contribution in [0.4, 0.5) is 0 Å². The summed E-state index contributed by atoms with van der Waals surface area (Å²) >= 11 is 4.18. The van der Waals surface area contributed by atoms with Crippen LogP contribution in [0.1, 0.15) is 18.5 Å². The maximum atomic E-state index is 4.61. The van der Waals surface area contributed by atoms with E-state index in [0.29, 0.717) is 16.5 Å². The van der Waals surface area contributed by atoms with Gasteiger partial charge in [0.25, 0.3) is 0 Å². The summed E-state index contributed by atoms with van der Waals surface area (Å²) in [4.78, 5) is 4.61. The molecule has 3 rings (SSSR count). The SMILES string of the molecule is CNC(c1cccc2cccnc12)C1SCCSC1C. The van der Waals surface area contributed by atoms with Crippen molar-refractivity contribution in [3.8, 4) is 0 Å². The lowest BCUT2D eigenvalue weighted by Gasteiger charge is -2.34. The highest BCUT2D eigenvalue weighted by Gasteiger charge is 2.31. The third-order valence-electron chi connectivity index (χ3n) is 3.88. The first-order valence-electron chi connectivity index (χ1n) is 7.05. The Kier molecular flexibility index (Phi) is 4.54. The van der Waals surface area contributed by atoms with E-state index < -0.39 is 0 Å². The number of hydrogen-bond donors (Lipinski definition) is 1. The summed E-state index contributed by atoms with van der Waals surface area (Å²) in [5, 5.41) is 6.04. The number of para-hydroxylation sites is 1. The summed E-state index contributed by atoms with van der Waals surface area (Å²) in [7, 11) is 2.07. The normalized spacial score (nSPS) is 24.7. The van der Waals surface area contributed by atoms with Crippen LogP contribution in [0.5, 0.6) is 0 Å². The Bertz CT molecular complexity index is 582. The second-order valence-electron chi connectivity index (χ2n) is 5.10. The molecule has 1 aliphatic rings. The lowest BCUT2D eigenvalue weighted by Crippen LogP contribution is -2.36. The van der Waals surface area contributed by atoms with Crippen LogP contribution in [0.2, 0.25) is 0 Å². The van der Waals surface area contributed by atoms with Crippen molar-refractivity contribution in [2.75, 3.05) is 18.6 Å². The van der Waals surface area contributed by atoms with Crippen LogP contribution in [0, 0.1) is 0 Å². The van der Waals surface area contributed by atoms with Crippen LogP contribution in [0.25, 0.3) is 10.9 Å². The van der Waals surface area contributed by atoms with Gasteiger partial charge < -0.3 is 5.32 Å². The zero-order valence-electron chi connectivity index (χ0n) is 11.9. The van der Waals surface area contributed by atoms with E-state index >= 15 is 0 Å². The van der Waals surface area contributed by atoms with Crippen LogP contribution < -0.4 is 5.32 Å². The number of fused-ring (bicyclic) bond motifs is 1. The Morgan fingerprint density at radius 1 is 1.20 bits per heavy atom. The standard InChI is InChI=1S/C16H20N2S2/c1-11-16(20-10-9-19-11)15(17-2)13-7-3-5-12-6-4-8-18-14(12)13/h3-8,11,15-17H,9-10H2,1-2H3. The fourth-order valence-corrected chi connectivity index (χ4v) is 5.87. The van der Waals surface area contributed by atoms with Gasteiger partial charge in [-0.25, -0.2) is 0 Å². The number of rotatable bonds is 3. The number of nitrogens with zero attached hydrogens (tertiary/aromatic N) is 1. The van der Waals surface area contributed by atoms with Crippen molar-refractivity contribution in [3.05, 3.63) is 42.1 Å². The Hall–Kier alpha value is -0.710. The first-order chi connectivity index (χ1) is 9.81. The van der Waals surface area contributed by atoms with Crippen molar-refractivity contribution in [2.24, 2.45) is 0 Å². The second-order valence-corrected chi connectivity index (χ2v) is 7.87. The molecule has 0 radical (unpaired) electrons. The molecule has 1 N–H and O–H groups in total. The predicted octanol–water partition coefficient (Wildman–Crippen LogP) is 3.73. The molecule has 0 bridgehead atoms. The highest BCUT2D eigenvalue weighted by Crippen LogP contribution is 2.39. The Morgan fingerprint density at radius 2 is 2.00 bits per heavy atom. The summed E-state index contributed by atoms with van der Waals surface area (Å²) < 4.78 is 0. The van der Waals surface area contributed by atoms with E-state index in [1.165, 1.54) is 22.5 Å². The van der Waals surface area contributed by atoms with Crippen molar-refractivity contribution < 1.29 is 0 Å². The summed E-state index contributed by atoms with van der Waals surface area (Å²) in [6.07, 6.45) is 1.89. The van der Waals surface area contributed by atoms with Gasteiger partial charge in [0.1, 0.15) is 0 Å². The molecule has 0 amide bonds. The molecule has 0 spiro atoms. The van der Waals surface area contributed by atoms with E-state index in [2.05, 4.69) is 72.1 Å². The maximum Gasteiger partial charge on any atom is 0.0750 e. The molecule has 3 atom stereocenters. The highest BCUT2D eigenvalue weighted by molar-refractivity contribution is 8.07. The third kappa shape index (κ3) is 2.69. The predicted molar refractivity (Wildman–Crippen MR) is 91.7 cm³/mol. The minimum Gasteiger partial charge on any atom is -0.312 e. The van der Waals surface area contributed by atoms with Crippen LogP contribution in [-0.2, 0) is 0 Å². The molecule has 106 valence electrons. The van der Waals surface area contributed by atoms with Gasteiger partial charge in [-0.1, -0.05) is 31.2 Å². The average Bonchev–Trinajstić information content (AvgIpc) is 2.50. The molecule has 0 saturated carbocycles. The molecular weight excluding hydrogens is 284 g/mol. The molecule has 1 aromatic carbocycles. The largest absolute Gasteiger partial charge is 0.312 e. The summed E-state index contributed by atoms with van der Waals surface area (Å²) in [6, 6.07) is 11.0. The van der Waals surface area contributed by atoms with Gasteiger partial charge in [-0.15, -0.1) is 0 Å². The topological polar surface area (TPSA) is 24.9 Å². The number of nitrogens with one attached hydrogen (secondary N) is 1. The van der Waals surface area contributed by atoms with E-state index in [4.69, 9.17) is 0 Å². The lowest BCUT2D eigenvalue weighted by molar-refractivity contribution is 0.563. The molecule has 3 unspecified atom stereocenters. The van der Waals surface area contributed by atoms with E-state index in [1.54, 1.807) is 0 Å². The van der Waals surface area contributed by atoms with E-state index in [9.17, 15) is 0 Å². The van der Waals surface area contributed by atoms with Gasteiger partial charge in [0.05, 0.1) is 5.52 Å². The zero-order chi connectivity index (χ0) is 13.9. The van der Waals surface area contributed by atoms with Crippen molar-refractivity contribution in [1.82, 2.24) is 10.3 Å². The molecule has 1 aliphatic heterocycles. The minimum atomic E-state index is 0.362. The van der Waals surface area contributed by atoms with Crippen LogP contribution in [0.15, 0.2) is 36.5 Å². The van der Waals surface area contributed by atoms with Gasteiger partial charge >= 0.3 is 0 Å². The maximum absolute atomic E-state index is 4.61. The van der Waals surface area contributed by atoms with Gasteiger partial charge in [-0.3, -0.25) is 4.98 Å². The summed E-state index contributed by atoms with van der Waals surface area (Å²) in [6.45, 7) is 2.35. The Labute approximate surface area is 129 Å². The first kappa shape index (κ1) is 14.2. The Morgan fingerprint density at radius 3 is 2.80 bits per heavy atom. The van der Waals surface area contributed by atoms with Crippen molar-refractivity contribution in [3.63, 3.8) is 0 Å². The first-order valence-corrected chi connectivity index (χ1v) is 9.15. The smallest absolute Gasteiger partial charge is 0.0750 e. The molecular formula is C16H20N2S2. The number of benzene rings is 1. The number of hydrogen-bond acceptors (Lipinski definition) is 4. The van der Waals surface area contributed by atoms with Crippen molar-refractivity contribution in [2.45, 2.75) is 23.5 Å². The molecule has 20 heavy (non-hydrogen) atoms. The molecule has 1 saturated heterocycles. The third-order valence-corrected chi connectivity index (χ3v) is 7.07.